The van der Waals surface area contributed by atoms with E-state index in [1.54, 1.807) is 6.07 Å². The second-order valence-corrected chi connectivity index (χ2v) is 8.30. The van der Waals surface area contributed by atoms with E-state index in [4.69, 9.17) is 34.8 Å². The molecule has 9 heteroatoms. The van der Waals surface area contributed by atoms with Gasteiger partial charge in [-0.25, -0.2) is 0 Å². The maximum absolute atomic E-state index is 12.6. The number of nitro benzene ring substituents is 1. The van der Waals surface area contributed by atoms with Crippen LogP contribution in [-0.4, -0.2) is 20.8 Å². The summed E-state index contributed by atoms with van der Waals surface area (Å²) in [7, 11) is 0. The van der Waals surface area contributed by atoms with Gasteiger partial charge >= 0.3 is 0 Å². The minimum Gasteiger partial charge on any atom is -0.362 e. The first-order chi connectivity index (χ1) is 13.3. The molecule has 0 radical (unpaired) electrons. The number of carbonyl (C=O) groups is 1. The Morgan fingerprint density at radius 3 is 2.29 bits per heavy atom. The van der Waals surface area contributed by atoms with E-state index in [1.807, 2.05) is 36.4 Å². The summed E-state index contributed by atoms with van der Waals surface area (Å²) in [6.45, 7) is 0. The van der Waals surface area contributed by atoms with Gasteiger partial charge in [0.15, 0.2) is 0 Å². The molecule has 0 saturated heterocycles. The number of amides is 1. The first-order valence-corrected chi connectivity index (χ1v) is 9.25. The van der Waals surface area contributed by atoms with E-state index in [9.17, 15) is 14.9 Å². The molecule has 0 aromatic heterocycles. The van der Waals surface area contributed by atoms with Crippen molar-refractivity contribution < 1.29 is 9.72 Å². The van der Waals surface area contributed by atoms with Crippen molar-refractivity contribution in [3.8, 4) is 0 Å². The van der Waals surface area contributed by atoms with Crippen LogP contribution in [0.2, 0.25) is 0 Å². The summed E-state index contributed by atoms with van der Waals surface area (Å²) < 4.78 is -1.91. The van der Waals surface area contributed by atoms with Crippen molar-refractivity contribution in [3.63, 3.8) is 0 Å². The smallest absolute Gasteiger partial charge is 0.282 e. The van der Waals surface area contributed by atoms with Crippen LogP contribution >= 0.6 is 34.8 Å². The van der Waals surface area contributed by atoms with Crippen molar-refractivity contribution in [2.45, 2.75) is 9.96 Å². The van der Waals surface area contributed by atoms with E-state index in [0.717, 1.165) is 10.8 Å². The zero-order valence-electron chi connectivity index (χ0n) is 14.2. The molecular formula is C19H14Cl3N3O3. The topological polar surface area (TPSA) is 84.3 Å². The molecular weight excluding hydrogens is 425 g/mol. The van der Waals surface area contributed by atoms with Crippen LogP contribution < -0.4 is 10.6 Å². The van der Waals surface area contributed by atoms with Gasteiger partial charge in [0.05, 0.1) is 4.92 Å². The van der Waals surface area contributed by atoms with Gasteiger partial charge in [-0.1, -0.05) is 77.3 Å². The number of nitrogens with zero attached hydrogens (tertiary/aromatic N) is 1. The van der Waals surface area contributed by atoms with Crippen LogP contribution in [0.4, 0.5) is 11.4 Å². The normalized spacial score (nSPS) is 12.4. The summed E-state index contributed by atoms with van der Waals surface area (Å²) in [5, 5.41) is 18.6. The quantitative estimate of drug-likeness (QED) is 0.245. The van der Waals surface area contributed by atoms with Gasteiger partial charge in [0.2, 0.25) is 3.79 Å². The summed E-state index contributed by atoms with van der Waals surface area (Å²) >= 11 is 18.1. The summed E-state index contributed by atoms with van der Waals surface area (Å²) in [6.07, 6.45) is -1.13. The van der Waals surface area contributed by atoms with Crippen LogP contribution in [0, 0.1) is 10.1 Å². The average Bonchev–Trinajstić information content (AvgIpc) is 2.66. The zero-order valence-corrected chi connectivity index (χ0v) is 16.5. The molecule has 0 aliphatic heterocycles. The minimum atomic E-state index is -1.91. The average molecular weight is 439 g/mol. The molecule has 3 rings (SSSR count). The van der Waals surface area contributed by atoms with E-state index in [2.05, 4.69) is 10.6 Å². The van der Waals surface area contributed by atoms with Crippen LogP contribution in [-0.2, 0) is 0 Å². The first-order valence-electron chi connectivity index (χ1n) is 8.12. The van der Waals surface area contributed by atoms with Crippen LogP contribution in [0.5, 0.6) is 0 Å². The third kappa shape index (κ3) is 4.65. The van der Waals surface area contributed by atoms with Gasteiger partial charge in [-0.2, -0.15) is 0 Å². The Kier molecular flexibility index (Phi) is 5.93. The first kappa shape index (κ1) is 20.2. The van der Waals surface area contributed by atoms with Crippen molar-refractivity contribution in [2.24, 2.45) is 0 Å². The standard InChI is InChI=1S/C19H14Cl3N3O3/c20-19(21,22)18(23-14-10-9-12-5-1-2-6-13(12)11-14)24-17(26)15-7-3-4-8-16(15)25(27)28/h1-11,18,23H,(H,24,26)/t18-/m1/s1. The summed E-state index contributed by atoms with van der Waals surface area (Å²) in [6, 6.07) is 18.8. The van der Waals surface area contributed by atoms with Crippen molar-refractivity contribution >= 4 is 62.9 Å². The molecule has 0 aliphatic rings. The van der Waals surface area contributed by atoms with Gasteiger partial charge in [0, 0.05) is 11.8 Å². The second-order valence-electron chi connectivity index (χ2n) is 5.93. The fourth-order valence-electron chi connectivity index (χ4n) is 2.68. The van der Waals surface area contributed by atoms with Crippen LogP contribution in [0.1, 0.15) is 10.4 Å². The van der Waals surface area contributed by atoms with E-state index < -0.39 is 20.8 Å². The zero-order chi connectivity index (χ0) is 20.3. The van der Waals surface area contributed by atoms with Gasteiger partial charge in [-0.3, -0.25) is 14.9 Å². The molecule has 0 unspecified atom stereocenters. The van der Waals surface area contributed by atoms with Crippen molar-refractivity contribution in [3.05, 3.63) is 82.4 Å². The highest BCUT2D eigenvalue weighted by Gasteiger charge is 2.35. The highest BCUT2D eigenvalue weighted by molar-refractivity contribution is 6.68. The van der Waals surface area contributed by atoms with Gasteiger partial charge in [0.1, 0.15) is 11.7 Å². The molecule has 0 saturated carbocycles. The fourth-order valence-corrected chi connectivity index (χ4v) is 3.01. The number of fused-ring (bicyclic) bond motifs is 1. The lowest BCUT2D eigenvalue weighted by Gasteiger charge is -2.27. The number of hydrogen-bond acceptors (Lipinski definition) is 4. The lowest BCUT2D eigenvalue weighted by molar-refractivity contribution is -0.385. The van der Waals surface area contributed by atoms with E-state index in [0.29, 0.717) is 5.69 Å². The maximum Gasteiger partial charge on any atom is 0.282 e. The van der Waals surface area contributed by atoms with Gasteiger partial charge < -0.3 is 10.6 Å². The van der Waals surface area contributed by atoms with Crippen LogP contribution in [0.25, 0.3) is 10.8 Å². The Morgan fingerprint density at radius 1 is 0.964 bits per heavy atom. The Labute approximate surface area is 175 Å². The molecule has 0 aliphatic carbocycles. The Hall–Kier alpha value is -2.54. The number of hydrogen-bond donors (Lipinski definition) is 2. The van der Waals surface area contributed by atoms with Crippen LogP contribution in [0.3, 0.4) is 0 Å². The predicted octanol–water partition coefficient (Wildman–Crippen LogP) is 5.29. The fraction of sp³-hybridized carbons (Fsp3) is 0.105. The van der Waals surface area contributed by atoms with Gasteiger partial charge in [-0.05, 0) is 29.0 Å². The van der Waals surface area contributed by atoms with Crippen molar-refractivity contribution in [1.82, 2.24) is 5.32 Å². The molecule has 0 heterocycles. The molecule has 28 heavy (non-hydrogen) atoms. The number of rotatable bonds is 5. The SMILES string of the molecule is O=C(N[C@@H](Nc1ccc2ccccc2c1)C(Cl)(Cl)Cl)c1ccccc1[N+](=O)[O-]. The third-order valence-corrected chi connectivity index (χ3v) is 4.66. The highest BCUT2D eigenvalue weighted by Crippen LogP contribution is 2.32. The number of nitrogens with one attached hydrogen (secondary N) is 2. The van der Waals surface area contributed by atoms with Crippen molar-refractivity contribution in [1.29, 1.82) is 0 Å². The highest BCUT2D eigenvalue weighted by atomic mass is 35.6. The molecule has 1 amide bonds. The lowest BCUT2D eigenvalue weighted by Crippen LogP contribution is -2.49. The monoisotopic (exact) mass is 437 g/mol. The minimum absolute atomic E-state index is 0.132. The molecule has 0 fully saturated rings. The number of para-hydroxylation sites is 1. The van der Waals surface area contributed by atoms with Gasteiger partial charge in [0.25, 0.3) is 11.6 Å². The largest absolute Gasteiger partial charge is 0.362 e. The third-order valence-electron chi connectivity index (χ3n) is 4.01. The Bertz CT molecular complexity index is 1040. The number of anilines is 1. The molecule has 0 spiro atoms. The van der Waals surface area contributed by atoms with E-state index >= 15 is 0 Å². The Balaban J connectivity index is 1.86. The maximum atomic E-state index is 12.6. The molecule has 3 aromatic rings. The molecule has 6 nitrogen and oxygen atoms in total. The number of benzene rings is 3. The summed E-state index contributed by atoms with van der Waals surface area (Å²) in [5.41, 5.74) is 0.138. The number of halogens is 3. The molecule has 144 valence electrons. The van der Waals surface area contributed by atoms with E-state index in [1.165, 1.54) is 24.3 Å². The number of alkyl halides is 3. The van der Waals surface area contributed by atoms with Crippen LogP contribution in [0.15, 0.2) is 66.7 Å². The summed E-state index contributed by atoms with van der Waals surface area (Å²) in [5.74, 6) is -0.739. The number of carbonyl (C=O) groups excluding carboxylic acids is 1. The molecule has 3 aromatic carbocycles. The van der Waals surface area contributed by atoms with Crippen molar-refractivity contribution in [2.75, 3.05) is 5.32 Å². The van der Waals surface area contributed by atoms with E-state index in [-0.39, 0.29) is 11.3 Å². The lowest BCUT2D eigenvalue weighted by atomic mass is 10.1. The Morgan fingerprint density at radius 2 is 1.61 bits per heavy atom. The molecule has 1 atom stereocenters. The van der Waals surface area contributed by atoms with Gasteiger partial charge in [-0.15, -0.1) is 0 Å². The molecule has 0 bridgehead atoms. The predicted molar refractivity (Wildman–Crippen MR) is 112 cm³/mol. The molecule has 2 N–H and O–H groups in total. The summed E-state index contributed by atoms with van der Waals surface area (Å²) in [4.78, 5) is 23.1. The second kappa shape index (κ2) is 8.22. The number of nitro groups is 1.